The zero-order valence-electron chi connectivity index (χ0n) is 11.3. The smallest absolute Gasteiger partial charge is 0.217 e. The van der Waals surface area contributed by atoms with Gasteiger partial charge < -0.3 is 10.5 Å². The minimum atomic E-state index is -0.245. The lowest BCUT2D eigenvalue weighted by atomic mass is 9.94. The van der Waals surface area contributed by atoms with Crippen molar-refractivity contribution in [2.24, 2.45) is 11.7 Å². The molecule has 1 unspecified atom stereocenters. The molecular formula is C16H19NO2. The number of benzene rings is 2. The normalized spacial score (nSPS) is 12.3. The van der Waals surface area contributed by atoms with Crippen molar-refractivity contribution < 1.29 is 9.53 Å². The number of hydrogen-bond donors (Lipinski definition) is 1. The molecule has 0 aliphatic heterocycles. The molecule has 2 N–H and O–H groups in total. The lowest BCUT2D eigenvalue weighted by molar-refractivity contribution is -0.118. The molecule has 100 valence electrons. The van der Waals surface area contributed by atoms with Crippen LogP contribution < -0.4 is 10.5 Å². The van der Waals surface area contributed by atoms with Crippen molar-refractivity contribution in [2.75, 3.05) is 7.11 Å². The van der Waals surface area contributed by atoms with E-state index in [1.54, 1.807) is 7.11 Å². The molecule has 2 aromatic rings. The molecule has 0 aliphatic carbocycles. The molecule has 0 fully saturated rings. The van der Waals surface area contributed by atoms with Crippen molar-refractivity contribution in [2.45, 2.75) is 19.8 Å². The van der Waals surface area contributed by atoms with E-state index in [2.05, 4.69) is 18.2 Å². The fourth-order valence-corrected chi connectivity index (χ4v) is 2.41. The second kappa shape index (κ2) is 5.74. The molecule has 0 saturated heterocycles. The van der Waals surface area contributed by atoms with Crippen LogP contribution >= 0.6 is 0 Å². The maximum atomic E-state index is 11.0. The molecule has 0 aliphatic rings. The van der Waals surface area contributed by atoms with E-state index in [9.17, 15) is 4.79 Å². The van der Waals surface area contributed by atoms with Gasteiger partial charge in [-0.05, 0) is 40.8 Å². The van der Waals surface area contributed by atoms with Gasteiger partial charge in [-0.1, -0.05) is 31.2 Å². The largest absolute Gasteiger partial charge is 0.497 e. The first-order valence-corrected chi connectivity index (χ1v) is 6.44. The van der Waals surface area contributed by atoms with Gasteiger partial charge in [0.05, 0.1) is 7.11 Å². The number of rotatable bonds is 5. The minimum absolute atomic E-state index is 0.245. The van der Waals surface area contributed by atoms with Crippen LogP contribution in [0.4, 0.5) is 0 Å². The first kappa shape index (κ1) is 13.4. The van der Waals surface area contributed by atoms with E-state index in [-0.39, 0.29) is 11.8 Å². The van der Waals surface area contributed by atoms with Crippen molar-refractivity contribution in [1.82, 2.24) is 0 Å². The van der Waals surface area contributed by atoms with E-state index in [1.807, 2.05) is 25.1 Å². The molecular weight excluding hydrogens is 238 g/mol. The second-order valence-electron chi connectivity index (χ2n) is 4.98. The summed E-state index contributed by atoms with van der Waals surface area (Å²) in [6.45, 7) is 2.05. The molecule has 0 saturated carbocycles. The summed E-state index contributed by atoms with van der Waals surface area (Å²) in [7, 11) is 1.67. The lowest BCUT2D eigenvalue weighted by Crippen LogP contribution is -2.16. The Balaban J connectivity index is 2.34. The second-order valence-corrected chi connectivity index (χ2v) is 4.98. The Hall–Kier alpha value is -2.03. The van der Waals surface area contributed by atoms with Gasteiger partial charge in [-0.15, -0.1) is 0 Å². The standard InChI is InChI=1S/C16H19NO2/c1-11(9-16(17)18)8-13-5-3-4-12-6-7-14(19-2)10-15(12)13/h3-7,10-11H,8-9H2,1-2H3,(H2,17,18). The Morgan fingerprint density at radius 1 is 1.32 bits per heavy atom. The van der Waals surface area contributed by atoms with Crippen LogP contribution in [0.5, 0.6) is 5.75 Å². The molecule has 1 atom stereocenters. The summed E-state index contributed by atoms with van der Waals surface area (Å²) < 4.78 is 5.27. The van der Waals surface area contributed by atoms with Gasteiger partial charge in [-0.3, -0.25) is 4.79 Å². The molecule has 0 aromatic heterocycles. The molecule has 19 heavy (non-hydrogen) atoms. The molecule has 0 heterocycles. The average Bonchev–Trinajstić information content (AvgIpc) is 2.37. The number of carbonyl (C=O) groups excluding carboxylic acids is 1. The number of methoxy groups -OCH3 is 1. The maximum Gasteiger partial charge on any atom is 0.217 e. The van der Waals surface area contributed by atoms with E-state index in [0.717, 1.165) is 12.2 Å². The Bertz CT molecular complexity index is 592. The van der Waals surface area contributed by atoms with Crippen LogP contribution in [0.2, 0.25) is 0 Å². The highest BCUT2D eigenvalue weighted by molar-refractivity contribution is 5.87. The average molecular weight is 257 g/mol. The number of ether oxygens (including phenoxy) is 1. The first-order valence-electron chi connectivity index (χ1n) is 6.44. The zero-order chi connectivity index (χ0) is 13.8. The minimum Gasteiger partial charge on any atom is -0.497 e. The van der Waals surface area contributed by atoms with Crippen molar-refractivity contribution in [1.29, 1.82) is 0 Å². The molecule has 3 heteroatoms. The third-order valence-corrected chi connectivity index (χ3v) is 3.30. The van der Waals surface area contributed by atoms with Gasteiger partial charge in [0.25, 0.3) is 0 Å². The molecule has 0 bridgehead atoms. The monoisotopic (exact) mass is 257 g/mol. The van der Waals surface area contributed by atoms with Gasteiger partial charge in [0.1, 0.15) is 5.75 Å². The van der Waals surface area contributed by atoms with Crippen molar-refractivity contribution >= 4 is 16.7 Å². The van der Waals surface area contributed by atoms with Crippen LogP contribution in [0.25, 0.3) is 10.8 Å². The number of fused-ring (bicyclic) bond motifs is 1. The number of hydrogen-bond acceptors (Lipinski definition) is 2. The summed E-state index contributed by atoms with van der Waals surface area (Å²) in [6, 6.07) is 12.3. The Labute approximate surface area is 113 Å². The fraction of sp³-hybridized carbons (Fsp3) is 0.312. The van der Waals surface area contributed by atoms with Gasteiger partial charge in [-0.25, -0.2) is 0 Å². The summed E-state index contributed by atoms with van der Waals surface area (Å²) in [5.41, 5.74) is 6.47. The van der Waals surface area contributed by atoms with E-state index < -0.39 is 0 Å². The Morgan fingerprint density at radius 2 is 2.11 bits per heavy atom. The highest BCUT2D eigenvalue weighted by atomic mass is 16.5. The quantitative estimate of drug-likeness (QED) is 0.895. The van der Waals surface area contributed by atoms with E-state index >= 15 is 0 Å². The number of nitrogens with two attached hydrogens (primary N) is 1. The molecule has 1 amide bonds. The topological polar surface area (TPSA) is 52.3 Å². The predicted molar refractivity (Wildman–Crippen MR) is 77.2 cm³/mol. The van der Waals surface area contributed by atoms with Crippen molar-refractivity contribution in [3.63, 3.8) is 0 Å². The van der Waals surface area contributed by atoms with E-state index in [0.29, 0.717) is 6.42 Å². The first-order chi connectivity index (χ1) is 9.10. The third kappa shape index (κ3) is 3.25. The SMILES string of the molecule is COc1ccc2cccc(CC(C)CC(N)=O)c2c1. The van der Waals surface area contributed by atoms with Crippen LogP contribution in [-0.4, -0.2) is 13.0 Å². The van der Waals surface area contributed by atoms with Gasteiger partial charge in [-0.2, -0.15) is 0 Å². The van der Waals surface area contributed by atoms with E-state index in [4.69, 9.17) is 10.5 Å². The number of primary amides is 1. The highest BCUT2D eigenvalue weighted by Crippen LogP contribution is 2.26. The summed E-state index contributed by atoms with van der Waals surface area (Å²) in [5, 5.41) is 2.36. The van der Waals surface area contributed by atoms with Crippen molar-refractivity contribution in [3.05, 3.63) is 42.0 Å². The fourth-order valence-electron chi connectivity index (χ4n) is 2.41. The summed E-state index contributed by atoms with van der Waals surface area (Å²) >= 11 is 0. The summed E-state index contributed by atoms with van der Waals surface area (Å²) in [4.78, 5) is 11.0. The van der Waals surface area contributed by atoms with Gasteiger partial charge in [0.2, 0.25) is 5.91 Å². The Morgan fingerprint density at radius 3 is 2.79 bits per heavy atom. The van der Waals surface area contributed by atoms with Crippen molar-refractivity contribution in [3.8, 4) is 5.75 Å². The van der Waals surface area contributed by atoms with Gasteiger partial charge in [0.15, 0.2) is 0 Å². The van der Waals surface area contributed by atoms with Crippen LogP contribution in [0.1, 0.15) is 18.9 Å². The third-order valence-electron chi connectivity index (χ3n) is 3.30. The molecule has 3 nitrogen and oxygen atoms in total. The summed E-state index contributed by atoms with van der Waals surface area (Å²) in [6.07, 6.45) is 1.26. The molecule has 2 rings (SSSR count). The van der Waals surface area contributed by atoms with E-state index in [1.165, 1.54) is 16.3 Å². The Kier molecular flexibility index (Phi) is 4.05. The maximum absolute atomic E-state index is 11.0. The molecule has 0 spiro atoms. The molecule has 2 aromatic carbocycles. The number of amides is 1. The zero-order valence-corrected chi connectivity index (χ0v) is 11.3. The van der Waals surface area contributed by atoms with Gasteiger partial charge in [0, 0.05) is 6.42 Å². The summed E-state index contributed by atoms with van der Waals surface area (Å²) in [5.74, 6) is 0.849. The lowest BCUT2D eigenvalue weighted by Gasteiger charge is -2.12. The molecule has 0 radical (unpaired) electrons. The highest BCUT2D eigenvalue weighted by Gasteiger charge is 2.10. The number of carbonyl (C=O) groups is 1. The van der Waals surface area contributed by atoms with Gasteiger partial charge >= 0.3 is 0 Å². The van der Waals surface area contributed by atoms with Crippen LogP contribution in [0.15, 0.2) is 36.4 Å². The van der Waals surface area contributed by atoms with Crippen LogP contribution in [-0.2, 0) is 11.2 Å². The predicted octanol–water partition coefficient (Wildman–Crippen LogP) is 2.90. The van der Waals surface area contributed by atoms with Crippen LogP contribution in [0.3, 0.4) is 0 Å². The van der Waals surface area contributed by atoms with Crippen LogP contribution in [0, 0.1) is 5.92 Å².